The lowest BCUT2D eigenvalue weighted by Crippen LogP contribution is -2.39. The van der Waals surface area contributed by atoms with Gasteiger partial charge >= 0.3 is 0 Å². The number of nitrogens with one attached hydrogen (secondary N) is 1. The van der Waals surface area contributed by atoms with Crippen LogP contribution in [0.4, 0.5) is 0 Å². The Labute approximate surface area is 164 Å². The number of amides is 1. The van der Waals surface area contributed by atoms with Crippen LogP contribution in [0.5, 0.6) is 0 Å². The van der Waals surface area contributed by atoms with Gasteiger partial charge in [0, 0.05) is 17.4 Å². The Balaban J connectivity index is 1.32. The summed E-state index contributed by atoms with van der Waals surface area (Å²) in [6.07, 6.45) is 5.65. The molecule has 2 aromatic heterocycles. The van der Waals surface area contributed by atoms with Gasteiger partial charge in [0.25, 0.3) is 5.91 Å². The highest BCUT2D eigenvalue weighted by molar-refractivity contribution is 5.99. The highest BCUT2D eigenvalue weighted by Crippen LogP contribution is 2.23. The molecule has 6 nitrogen and oxygen atoms in total. The molecule has 1 aromatic carbocycles. The molecule has 0 bridgehead atoms. The van der Waals surface area contributed by atoms with E-state index >= 15 is 0 Å². The number of hydrogen-bond acceptors (Lipinski definition) is 4. The minimum atomic E-state index is -0.0962. The fraction of sp³-hybridized carbons (Fsp3) is 0.409. The zero-order valence-electron chi connectivity index (χ0n) is 16.4. The average molecular weight is 378 g/mol. The van der Waals surface area contributed by atoms with Gasteiger partial charge < -0.3 is 10.1 Å². The number of aromatic nitrogens is 3. The van der Waals surface area contributed by atoms with Crippen molar-refractivity contribution < 1.29 is 9.53 Å². The van der Waals surface area contributed by atoms with Gasteiger partial charge in [0.05, 0.1) is 18.9 Å². The molecular formula is C22H26N4O2. The monoisotopic (exact) mass is 378 g/mol. The van der Waals surface area contributed by atoms with Crippen LogP contribution in [0.2, 0.25) is 0 Å². The lowest BCUT2D eigenvalue weighted by atomic mass is 9.92. The number of nitrogens with zero attached hydrogens (tertiary/aromatic N) is 3. The third-order valence-corrected chi connectivity index (χ3v) is 5.36. The lowest BCUT2D eigenvalue weighted by molar-refractivity contribution is 0.0113. The van der Waals surface area contributed by atoms with Crippen molar-refractivity contribution in [1.82, 2.24) is 19.9 Å². The molecule has 1 fully saturated rings. The molecule has 0 atom stereocenters. The highest BCUT2D eigenvalue weighted by Gasteiger charge is 2.24. The van der Waals surface area contributed by atoms with E-state index in [1.807, 2.05) is 38.1 Å². The number of hydrogen-bond donors (Lipinski definition) is 1. The molecule has 0 saturated heterocycles. The van der Waals surface area contributed by atoms with E-state index in [0.717, 1.165) is 37.1 Å². The first-order valence-corrected chi connectivity index (χ1v) is 9.88. The quantitative estimate of drug-likeness (QED) is 0.736. The molecule has 1 saturated carbocycles. The van der Waals surface area contributed by atoms with Crippen LogP contribution in [0.3, 0.4) is 0 Å². The van der Waals surface area contributed by atoms with Crippen molar-refractivity contribution >= 4 is 11.6 Å². The summed E-state index contributed by atoms with van der Waals surface area (Å²) in [6, 6.07) is 12.4. The smallest absolute Gasteiger partial charge is 0.256 e. The Hall–Kier alpha value is -2.73. The highest BCUT2D eigenvalue weighted by atomic mass is 16.5. The molecule has 0 unspecified atom stereocenters. The van der Waals surface area contributed by atoms with Gasteiger partial charge in [-0.25, -0.2) is 9.50 Å². The van der Waals surface area contributed by atoms with Crippen LogP contribution < -0.4 is 5.32 Å². The van der Waals surface area contributed by atoms with Crippen molar-refractivity contribution in [3.05, 3.63) is 65.1 Å². The summed E-state index contributed by atoms with van der Waals surface area (Å²) in [5.41, 5.74) is 4.21. The van der Waals surface area contributed by atoms with Crippen LogP contribution in [-0.4, -0.2) is 32.7 Å². The maximum atomic E-state index is 12.8. The summed E-state index contributed by atoms with van der Waals surface area (Å²) in [5, 5.41) is 7.47. The summed E-state index contributed by atoms with van der Waals surface area (Å²) >= 11 is 0. The summed E-state index contributed by atoms with van der Waals surface area (Å²) in [5.74, 6) is -0.0962. The Morgan fingerprint density at radius 3 is 2.68 bits per heavy atom. The van der Waals surface area contributed by atoms with Gasteiger partial charge in [-0.3, -0.25) is 4.79 Å². The zero-order chi connectivity index (χ0) is 19.5. The molecule has 28 heavy (non-hydrogen) atoms. The number of ether oxygens (including phenoxy) is 1. The minimum Gasteiger partial charge on any atom is -0.374 e. The molecular weight excluding hydrogens is 352 g/mol. The van der Waals surface area contributed by atoms with Gasteiger partial charge in [-0.1, -0.05) is 30.3 Å². The fourth-order valence-electron chi connectivity index (χ4n) is 3.86. The zero-order valence-corrected chi connectivity index (χ0v) is 16.4. The summed E-state index contributed by atoms with van der Waals surface area (Å²) in [7, 11) is 0. The van der Waals surface area contributed by atoms with Crippen LogP contribution in [0.1, 0.15) is 53.0 Å². The summed E-state index contributed by atoms with van der Waals surface area (Å²) in [4.78, 5) is 17.3. The van der Waals surface area contributed by atoms with Crippen LogP contribution in [0.15, 0.2) is 42.6 Å². The van der Waals surface area contributed by atoms with Crippen molar-refractivity contribution in [2.45, 2.75) is 58.3 Å². The molecule has 1 aliphatic carbocycles. The van der Waals surface area contributed by atoms with Gasteiger partial charge in [-0.15, -0.1) is 0 Å². The molecule has 4 rings (SSSR count). The molecule has 3 aromatic rings. The minimum absolute atomic E-state index is 0.0962. The first-order valence-electron chi connectivity index (χ1n) is 9.88. The van der Waals surface area contributed by atoms with E-state index in [1.54, 1.807) is 10.7 Å². The molecule has 1 aliphatic rings. The molecule has 1 N–H and O–H groups in total. The van der Waals surface area contributed by atoms with E-state index < -0.39 is 0 Å². The van der Waals surface area contributed by atoms with Crippen molar-refractivity contribution in [3.63, 3.8) is 0 Å². The second-order valence-electron chi connectivity index (χ2n) is 7.58. The van der Waals surface area contributed by atoms with Gasteiger partial charge in [0.2, 0.25) is 0 Å². The number of rotatable bonds is 5. The van der Waals surface area contributed by atoms with Crippen LogP contribution in [-0.2, 0) is 11.3 Å². The molecule has 6 heteroatoms. The number of carbonyl (C=O) groups excluding carboxylic acids is 1. The van der Waals surface area contributed by atoms with Gasteiger partial charge in [-0.05, 0) is 51.2 Å². The van der Waals surface area contributed by atoms with Gasteiger partial charge in [0.15, 0.2) is 5.65 Å². The first kappa shape index (κ1) is 18.6. The largest absolute Gasteiger partial charge is 0.374 e. The van der Waals surface area contributed by atoms with Crippen LogP contribution >= 0.6 is 0 Å². The number of aryl methyl sites for hydroxylation is 2. The Morgan fingerprint density at radius 2 is 1.93 bits per heavy atom. The van der Waals surface area contributed by atoms with Gasteiger partial charge in [-0.2, -0.15) is 5.10 Å². The molecule has 0 spiro atoms. The van der Waals surface area contributed by atoms with Crippen molar-refractivity contribution in [2.24, 2.45) is 0 Å². The molecule has 2 heterocycles. The second-order valence-corrected chi connectivity index (χ2v) is 7.58. The molecule has 0 radical (unpaired) electrons. The topological polar surface area (TPSA) is 68.5 Å². The maximum Gasteiger partial charge on any atom is 0.256 e. The van der Waals surface area contributed by atoms with E-state index in [1.165, 1.54) is 5.56 Å². The molecule has 146 valence electrons. The summed E-state index contributed by atoms with van der Waals surface area (Å²) < 4.78 is 7.76. The Bertz CT molecular complexity index is 959. The predicted molar refractivity (Wildman–Crippen MR) is 107 cm³/mol. The van der Waals surface area contributed by atoms with E-state index in [9.17, 15) is 4.79 Å². The van der Waals surface area contributed by atoms with Crippen LogP contribution in [0.25, 0.3) is 5.65 Å². The molecule has 0 aliphatic heterocycles. The maximum absolute atomic E-state index is 12.8. The summed E-state index contributed by atoms with van der Waals surface area (Å²) in [6.45, 7) is 4.54. The van der Waals surface area contributed by atoms with Gasteiger partial charge in [0.1, 0.15) is 5.56 Å². The van der Waals surface area contributed by atoms with Crippen molar-refractivity contribution in [2.75, 3.05) is 0 Å². The second kappa shape index (κ2) is 8.10. The molecule has 1 amide bonds. The van der Waals surface area contributed by atoms with E-state index in [2.05, 4.69) is 27.5 Å². The predicted octanol–water partition coefficient (Wildman–Crippen LogP) is 3.60. The standard InChI is InChI=1S/C22H26N4O2/c1-15-12-16(2)26-21(24-15)20(13-23-26)22(27)25-18-8-10-19(11-9-18)28-14-17-6-4-3-5-7-17/h3-7,12-13,18-19H,8-11,14H2,1-2H3,(H,25,27). The Morgan fingerprint density at radius 1 is 1.18 bits per heavy atom. The third-order valence-electron chi connectivity index (χ3n) is 5.36. The SMILES string of the molecule is Cc1cc(C)n2ncc(C(=O)NC3CCC(OCc4ccccc4)CC3)c2n1. The van der Waals surface area contributed by atoms with Crippen molar-refractivity contribution in [1.29, 1.82) is 0 Å². The number of benzene rings is 1. The first-order chi connectivity index (χ1) is 13.6. The fourth-order valence-corrected chi connectivity index (χ4v) is 3.86. The van der Waals surface area contributed by atoms with Crippen molar-refractivity contribution in [3.8, 4) is 0 Å². The number of fused-ring (bicyclic) bond motifs is 1. The average Bonchev–Trinajstić information content (AvgIpc) is 3.12. The number of carbonyl (C=O) groups is 1. The van der Waals surface area contributed by atoms with E-state index in [4.69, 9.17) is 4.74 Å². The third kappa shape index (κ3) is 4.07. The lowest BCUT2D eigenvalue weighted by Gasteiger charge is -2.29. The Kier molecular flexibility index (Phi) is 5.39. The van der Waals surface area contributed by atoms with E-state index in [0.29, 0.717) is 17.8 Å². The van der Waals surface area contributed by atoms with Crippen LogP contribution in [0, 0.1) is 13.8 Å². The normalized spacial score (nSPS) is 19.6. The van der Waals surface area contributed by atoms with E-state index in [-0.39, 0.29) is 18.1 Å².